The monoisotopic (exact) mass is 167 g/mol. The first-order valence-corrected chi connectivity index (χ1v) is 5.33. The van der Waals surface area contributed by atoms with Crippen LogP contribution in [0.4, 0.5) is 0 Å². The van der Waals surface area contributed by atoms with Gasteiger partial charge in [0.1, 0.15) is 0 Å². The van der Waals surface area contributed by atoms with E-state index in [1.807, 2.05) is 0 Å². The number of hydrogen-bond acceptors (Lipinski definition) is 1. The lowest BCUT2D eigenvalue weighted by Gasteiger charge is -2.38. The Morgan fingerprint density at radius 2 is 2.00 bits per heavy atom. The molecule has 1 saturated carbocycles. The fourth-order valence-electron chi connectivity index (χ4n) is 3.09. The van der Waals surface area contributed by atoms with Gasteiger partial charge in [0.15, 0.2) is 0 Å². The Morgan fingerprint density at radius 3 is 2.25 bits per heavy atom. The summed E-state index contributed by atoms with van der Waals surface area (Å²) in [5.74, 6) is 0.843. The van der Waals surface area contributed by atoms with Crippen molar-refractivity contribution in [1.29, 1.82) is 0 Å². The molecule has 1 heterocycles. The minimum absolute atomic E-state index is 0.768. The predicted octanol–water partition coefficient (Wildman–Crippen LogP) is 2.52. The van der Waals surface area contributed by atoms with Crippen molar-refractivity contribution in [2.24, 2.45) is 11.3 Å². The lowest BCUT2D eigenvalue weighted by molar-refractivity contribution is 0.145. The molecule has 0 radical (unpaired) electrons. The van der Waals surface area contributed by atoms with Gasteiger partial charge in [0, 0.05) is 12.6 Å². The van der Waals surface area contributed by atoms with Gasteiger partial charge in [0.25, 0.3) is 0 Å². The van der Waals surface area contributed by atoms with E-state index in [2.05, 4.69) is 25.8 Å². The largest absolute Gasteiger partial charge is 0.303 e. The Morgan fingerprint density at radius 1 is 1.33 bits per heavy atom. The van der Waals surface area contributed by atoms with Crippen LogP contribution in [0.25, 0.3) is 0 Å². The fourth-order valence-corrected chi connectivity index (χ4v) is 3.09. The zero-order chi connectivity index (χ0) is 8.77. The van der Waals surface area contributed by atoms with Crippen LogP contribution in [0.2, 0.25) is 0 Å². The van der Waals surface area contributed by atoms with E-state index in [0.717, 1.165) is 17.4 Å². The second-order valence-electron chi connectivity index (χ2n) is 5.28. The molecule has 1 atom stereocenters. The third kappa shape index (κ3) is 1.19. The topological polar surface area (TPSA) is 3.24 Å². The Balaban J connectivity index is 2.02. The highest BCUT2D eigenvalue weighted by molar-refractivity contribution is 5.00. The summed E-state index contributed by atoms with van der Waals surface area (Å²) in [5, 5.41) is 0. The molecule has 0 aromatic heterocycles. The highest BCUT2D eigenvalue weighted by Gasteiger charge is 2.46. The second kappa shape index (κ2) is 2.73. The fraction of sp³-hybridized carbons (Fsp3) is 1.00. The van der Waals surface area contributed by atoms with Crippen LogP contribution >= 0.6 is 0 Å². The average Bonchev–Trinajstić information content (AvgIpc) is 2.26. The quantitative estimate of drug-likeness (QED) is 0.580. The lowest BCUT2D eigenvalue weighted by Crippen LogP contribution is -2.32. The number of nitrogens with zero attached hydrogens (tertiary/aromatic N) is 1. The van der Waals surface area contributed by atoms with Crippen LogP contribution in [-0.4, -0.2) is 24.5 Å². The van der Waals surface area contributed by atoms with E-state index in [9.17, 15) is 0 Å². The maximum Gasteiger partial charge on any atom is 0.0121 e. The average molecular weight is 167 g/mol. The molecule has 0 N–H and O–H groups in total. The second-order valence-corrected chi connectivity index (χ2v) is 5.28. The third-order valence-electron chi connectivity index (χ3n) is 3.98. The van der Waals surface area contributed by atoms with Crippen LogP contribution in [0.5, 0.6) is 0 Å². The van der Waals surface area contributed by atoms with Crippen molar-refractivity contribution in [2.45, 2.75) is 45.6 Å². The molecular weight excluding hydrogens is 146 g/mol. The van der Waals surface area contributed by atoms with Gasteiger partial charge >= 0.3 is 0 Å². The molecule has 2 aliphatic rings. The van der Waals surface area contributed by atoms with Gasteiger partial charge in [-0.3, -0.25) is 0 Å². The first kappa shape index (κ1) is 8.55. The third-order valence-corrected chi connectivity index (χ3v) is 3.98. The Bertz CT molecular complexity index is 170. The minimum atomic E-state index is 0.768. The van der Waals surface area contributed by atoms with Crippen molar-refractivity contribution < 1.29 is 0 Å². The van der Waals surface area contributed by atoms with Gasteiger partial charge < -0.3 is 4.90 Å². The van der Waals surface area contributed by atoms with Crippen molar-refractivity contribution in [2.75, 3.05) is 13.6 Å². The molecule has 0 amide bonds. The van der Waals surface area contributed by atoms with E-state index in [1.54, 1.807) is 0 Å². The summed E-state index contributed by atoms with van der Waals surface area (Å²) < 4.78 is 0. The molecule has 1 aliphatic heterocycles. The molecule has 1 unspecified atom stereocenters. The molecule has 70 valence electrons. The molecule has 2 rings (SSSR count). The Kier molecular flexibility index (Phi) is 1.95. The molecule has 2 fully saturated rings. The van der Waals surface area contributed by atoms with Crippen molar-refractivity contribution >= 4 is 0 Å². The first-order chi connectivity index (χ1) is 5.63. The van der Waals surface area contributed by atoms with E-state index in [1.165, 1.54) is 32.2 Å². The van der Waals surface area contributed by atoms with E-state index < -0.39 is 0 Å². The van der Waals surface area contributed by atoms with Gasteiger partial charge in [0.05, 0.1) is 0 Å². The van der Waals surface area contributed by atoms with Crippen molar-refractivity contribution in [3.8, 4) is 0 Å². The SMILES string of the molecule is CC(C)C1CC2(CCC2)CN1C. The lowest BCUT2D eigenvalue weighted by atomic mass is 9.67. The van der Waals surface area contributed by atoms with E-state index in [4.69, 9.17) is 0 Å². The van der Waals surface area contributed by atoms with Crippen molar-refractivity contribution in [3.63, 3.8) is 0 Å². The molecule has 1 saturated heterocycles. The summed E-state index contributed by atoms with van der Waals surface area (Å²) in [5.41, 5.74) is 0.768. The molecule has 12 heavy (non-hydrogen) atoms. The summed E-state index contributed by atoms with van der Waals surface area (Å²) in [6.07, 6.45) is 5.96. The number of hydrogen-bond donors (Lipinski definition) is 0. The van der Waals surface area contributed by atoms with Gasteiger partial charge in [0.2, 0.25) is 0 Å². The summed E-state index contributed by atoms with van der Waals surface area (Å²) >= 11 is 0. The number of rotatable bonds is 1. The van der Waals surface area contributed by atoms with Gasteiger partial charge in [-0.1, -0.05) is 20.3 Å². The van der Waals surface area contributed by atoms with Crippen LogP contribution in [0.15, 0.2) is 0 Å². The van der Waals surface area contributed by atoms with E-state index >= 15 is 0 Å². The number of likely N-dealkylation sites (tertiary alicyclic amines) is 1. The normalized spacial score (nSPS) is 34.5. The highest BCUT2D eigenvalue weighted by atomic mass is 15.2. The zero-order valence-electron chi connectivity index (χ0n) is 8.64. The van der Waals surface area contributed by atoms with Gasteiger partial charge in [-0.05, 0) is 37.6 Å². The predicted molar refractivity (Wildman–Crippen MR) is 52.2 cm³/mol. The molecule has 0 bridgehead atoms. The Hall–Kier alpha value is -0.0400. The minimum Gasteiger partial charge on any atom is -0.303 e. The van der Waals surface area contributed by atoms with Gasteiger partial charge in [-0.25, -0.2) is 0 Å². The summed E-state index contributed by atoms with van der Waals surface area (Å²) in [6, 6.07) is 0.866. The van der Waals surface area contributed by atoms with Crippen LogP contribution in [0, 0.1) is 11.3 Å². The first-order valence-electron chi connectivity index (χ1n) is 5.33. The molecule has 1 nitrogen and oxygen atoms in total. The van der Waals surface area contributed by atoms with Crippen molar-refractivity contribution in [1.82, 2.24) is 4.90 Å². The molecular formula is C11H21N. The molecule has 0 aromatic rings. The summed E-state index contributed by atoms with van der Waals surface area (Å²) in [4.78, 5) is 2.59. The van der Waals surface area contributed by atoms with Crippen LogP contribution in [0.3, 0.4) is 0 Å². The maximum absolute atomic E-state index is 2.59. The zero-order valence-corrected chi connectivity index (χ0v) is 8.64. The highest BCUT2D eigenvalue weighted by Crippen LogP contribution is 2.50. The molecule has 1 spiro atoms. The van der Waals surface area contributed by atoms with E-state index in [-0.39, 0.29) is 0 Å². The smallest absolute Gasteiger partial charge is 0.0121 e. The molecule has 1 heteroatoms. The Labute approximate surface area is 76.1 Å². The standard InChI is InChI=1S/C11H21N/c1-9(2)10-7-11(5-4-6-11)8-12(10)3/h9-10H,4-8H2,1-3H3. The summed E-state index contributed by atoms with van der Waals surface area (Å²) in [7, 11) is 2.30. The van der Waals surface area contributed by atoms with Crippen LogP contribution in [0.1, 0.15) is 39.5 Å². The molecule has 1 aliphatic carbocycles. The van der Waals surface area contributed by atoms with Gasteiger partial charge in [-0.15, -0.1) is 0 Å². The maximum atomic E-state index is 2.59. The van der Waals surface area contributed by atoms with Gasteiger partial charge in [-0.2, -0.15) is 0 Å². The van der Waals surface area contributed by atoms with Crippen LogP contribution in [-0.2, 0) is 0 Å². The van der Waals surface area contributed by atoms with Crippen LogP contribution < -0.4 is 0 Å². The summed E-state index contributed by atoms with van der Waals surface area (Å²) in [6.45, 7) is 6.09. The van der Waals surface area contributed by atoms with Crippen molar-refractivity contribution in [3.05, 3.63) is 0 Å². The van der Waals surface area contributed by atoms with E-state index in [0.29, 0.717) is 0 Å². The molecule has 0 aromatic carbocycles.